The van der Waals surface area contributed by atoms with Crippen molar-refractivity contribution in [2.45, 2.75) is 5.66 Å². The lowest BCUT2D eigenvalue weighted by Gasteiger charge is -2.19. The largest absolute Gasteiger partial charge is 0.309 e. The highest BCUT2D eigenvalue weighted by molar-refractivity contribution is 5.74. The zero-order chi connectivity index (χ0) is 10.0. The SMILES string of the molecule is O=CC1(c2ccccc2F)N=CNN1. The van der Waals surface area contributed by atoms with Crippen molar-refractivity contribution in [3.63, 3.8) is 0 Å². The molecule has 14 heavy (non-hydrogen) atoms. The second-order valence-electron chi connectivity index (χ2n) is 2.89. The first kappa shape index (κ1) is 8.83. The highest BCUT2D eigenvalue weighted by atomic mass is 19.1. The van der Waals surface area contributed by atoms with Crippen molar-refractivity contribution in [3.05, 3.63) is 35.6 Å². The lowest BCUT2D eigenvalue weighted by atomic mass is 10.0. The zero-order valence-corrected chi connectivity index (χ0v) is 7.20. The number of nitrogens with one attached hydrogen (secondary N) is 2. The number of carbonyl (C=O) groups excluding carboxylic acids is 1. The van der Waals surface area contributed by atoms with Crippen LogP contribution in [0.5, 0.6) is 0 Å². The van der Waals surface area contributed by atoms with Crippen molar-refractivity contribution < 1.29 is 9.18 Å². The van der Waals surface area contributed by atoms with Crippen molar-refractivity contribution in [1.29, 1.82) is 0 Å². The fraction of sp³-hybridized carbons (Fsp3) is 0.111. The van der Waals surface area contributed by atoms with Crippen molar-refractivity contribution in [3.8, 4) is 0 Å². The van der Waals surface area contributed by atoms with E-state index in [4.69, 9.17) is 0 Å². The van der Waals surface area contributed by atoms with E-state index in [2.05, 4.69) is 15.8 Å². The Kier molecular flexibility index (Phi) is 2.01. The first-order valence-electron chi connectivity index (χ1n) is 4.06. The van der Waals surface area contributed by atoms with Crippen molar-refractivity contribution >= 4 is 12.6 Å². The molecule has 1 heterocycles. The second kappa shape index (κ2) is 3.19. The number of hydrazine groups is 1. The fourth-order valence-electron chi connectivity index (χ4n) is 1.34. The van der Waals surface area contributed by atoms with Gasteiger partial charge in [-0.25, -0.2) is 9.38 Å². The van der Waals surface area contributed by atoms with Gasteiger partial charge in [-0.05, 0) is 6.07 Å². The molecule has 0 aliphatic carbocycles. The molecule has 0 saturated heterocycles. The summed E-state index contributed by atoms with van der Waals surface area (Å²) in [5.41, 5.74) is 4.02. The lowest BCUT2D eigenvalue weighted by molar-refractivity contribution is -0.113. The van der Waals surface area contributed by atoms with E-state index in [9.17, 15) is 9.18 Å². The van der Waals surface area contributed by atoms with Gasteiger partial charge in [-0.3, -0.25) is 4.79 Å². The molecule has 2 rings (SSSR count). The molecule has 0 amide bonds. The van der Waals surface area contributed by atoms with Crippen LogP contribution in [0.25, 0.3) is 0 Å². The van der Waals surface area contributed by atoms with Gasteiger partial charge in [0.2, 0.25) is 5.66 Å². The van der Waals surface area contributed by atoms with Crippen molar-refractivity contribution in [2.75, 3.05) is 0 Å². The Hall–Kier alpha value is -1.75. The van der Waals surface area contributed by atoms with E-state index in [1.165, 1.54) is 18.5 Å². The number of benzene rings is 1. The number of carbonyl (C=O) groups is 1. The Bertz CT molecular complexity index is 393. The van der Waals surface area contributed by atoms with E-state index in [0.717, 1.165) is 0 Å². The molecule has 1 aromatic rings. The maximum Gasteiger partial charge on any atom is 0.212 e. The lowest BCUT2D eigenvalue weighted by Crippen LogP contribution is -2.44. The van der Waals surface area contributed by atoms with Crippen LogP contribution < -0.4 is 10.9 Å². The molecular formula is C9H8FN3O. The molecule has 0 saturated carbocycles. The summed E-state index contributed by atoms with van der Waals surface area (Å²) in [5, 5.41) is 0. The highest BCUT2D eigenvalue weighted by Gasteiger charge is 2.35. The molecule has 0 fully saturated rings. The van der Waals surface area contributed by atoms with Crippen LogP contribution in [0.2, 0.25) is 0 Å². The van der Waals surface area contributed by atoms with Crippen molar-refractivity contribution in [2.24, 2.45) is 4.99 Å². The van der Waals surface area contributed by atoms with Gasteiger partial charge >= 0.3 is 0 Å². The smallest absolute Gasteiger partial charge is 0.212 e. The third-order valence-corrected chi connectivity index (χ3v) is 2.05. The average molecular weight is 193 g/mol. The summed E-state index contributed by atoms with van der Waals surface area (Å²) < 4.78 is 13.4. The standard InChI is InChI=1S/C9H8FN3O/c10-8-4-2-1-3-7(8)9(5-14)11-6-12-13-9/h1-6,13H,(H,11,12). The summed E-state index contributed by atoms with van der Waals surface area (Å²) in [6.45, 7) is 0. The number of aliphatic imine (C=N–C) groups is 1. The van der Waals surface area contributed by atoms with E-state index in [1.807, 2.05) is 0 Å². The monoisotopic (exact) mass is 193 g/mol. The molecule has 5 heteroatoms. The maximum absolute atomic E-state index is 13.4. The molecule has 0 spiro atoms. The first-order chi connectivity index (χ1) is 6.78. The van der Waals surface area contributed by atoms with E-state index < -0.39 is 11.5 Å². The van der Waals surface area contributed by atoms with Gasteiger partial charge < -0.3 is 5.43 Å². The Morgan fingerprint density at radius 2 is 2.21 bits per heavy atom. The normalized spacial score (nSPS) is 24.6. The van der Waals surface area contributed by atoms with Crippen LogP contribution in [-0.4, -0.2) is 12.6 Å². The molecule has 4 nitrogen and oxygen atoms in total. The van der Waals surface area contributed by atoms with Crippen molar-refractivity contribution in [1.82, 2.24) is 10.9 Å². The van der Waals surface area contributed by atoms with Gasteiger partial charge in [-0.2, -0.15) is 5.43 Å². The minimum atomic E-state index is -1.33. The maximum atomic E-state index is 13.4. The molecule has 1 aliphatic rings. The molecule has 1 atom stereocenters. The molecule has 1 aliphatic heterocycles. The highest BCUT2D eigenvalue weighted by Crippen LogP contribution is 2.23. The summed E-state index contributed by atoms with van der Waals surface area (Å²) in [5.74, 6) is -0.465. The van der Waals surface area contributed by atoms with Crippen LogP contribution in [0.1, 0.15) is 5.56 Å². The number of rotatable bonds is 2. The van der Waals surface area contributed by atoms with Gasteiger partial charge in [0.25, 0.3) is 0 Å². The molecule has 0 radical (unpaired) electrons. The minimum Gasteiger partial charge on any atom is -0.309 e. The summed E-state index contributed by atoms with van der Waals surface area (Å²) in [7, 11) is 0. The van der Waals surface area contributed by atoms with E-state index >= 15 is 0 Å². The van der Waals surface area contributed by atoms with Gasteiger partial charge in [0.15, 0.2) is 6.29 Å². The van der Waals surface area contributed by atoms with E-state index in [-0.39, 0.29) is 5.56 Å². The number of nitrogens with zero attached hydrogens (tertiary/aromatic N) is 1. The molecule has 0 aromatic heterocycles. The number of aldehydes is 1. The van der Waals surface area contributed by atoms with E-state index in [1.54, 1.807) is 12.1 Å². The number of hydrogen-bond acceptors (Lipinski definition) is 4. The quantitative estimate of drug-likeness (QED) is 0.665. The third kappa shape index (κ3) is 1.18. The van der Waals surface area contributed by atoms with Gasteiger partial charge in [-0.1, -0.05) is 18.2 Å². The second-order valence-corrected chi connectivity index (χ2v) is 2.89. The van der Waals surface area contributed by atoms with Crippen LogP contribution in [0.4, 0.5) is 4.39 Å². The molecule has 2 N–H and O–H groups in total. The molecule has 0 bridgehead atoms. The number of halogens is 1. The predicted octanol–water partition coefficient (Wildman–Crippen LogP) is 0.314. The topological polar surface area (TPSA) is 53.5 Å². The van der Waals surface area contributed by atoms with Crippen LogP contribution in [0.15, 0.2) is 29.3 Å². The van der Waals surface area contributed by atoms with Gasteiger partial charge in [0.1, 0.15) is 12.2 Å². The molecule has 1 aromatic carbocycles. The van der Waals surface area contributed by atoms with Crippen LogP contribution in [-0.2, 0) is 10.5 Å². The third-order valence-electron chi connectivity index (χ3n) is 2.05. The fourth-order valence-corrected chi connectivity index (χ4v) is 1.34. The van der Waals surface area contributed by atoms with Gasteiger partial charge in [0, 0.05) is 5.56 Å². The first-order valence-corrected chi connectivity index (χ1v) is 4.06. The minimum absolute atomic E-state index is 0.205. The summed E-state index contributed by atoms with van der Waals surface area (Å²) in [6.07, 6.45) is 1.88. The summed E-state index contributed by atoms with van der Waals surface area (Å²) in [6, 6.07) is 6.01. The van der Waals surface area contributed by atoms with Crippen LogP contribution in [0, 0.1) is 5.82 Å². The number of hydrogen-bond donors (Lipinski definition) is 2. The van der Waals surface area contributed by atoms with Gasteiger partial charge in [-0.15, -0.1) is 0 Å². The summed E-state index contributed by atoms with van der Waals surface area (Å²) >= 11 is 0. The Balaban J connectivity index is 2.52. The van der Waals surface area contributed by atoms with Crippen LogP contribution in [0.3, 0.4) is 0 Å². The molecule has 72 valence electrons. The average Bonchev–Trinajstić information content (AvgIpc) is 2.68. The Labute approximate surface area is 79.8 Å². The van der Waals surface area contributed by atoms with Gasteiger partial charge in [0.05, 0.1) is 0 Å². The molecule has 1 unspecified atom stereocenters. The van der Waals surface area contributed by atoms with E-state index in [0.29, 0.717) is 6.29 Å². The van der Waals surface area contributed by atoms with Crippen LogP contribution >= 0.6 is 0 Å². The predicted molar refractivity (Wildman–Crippen MR) is 48.9 cm³/mol. The zero-order valence-electron chi connectivity index (χ0n) is 7.20. The summed E-state index contributed by atoms with van der Waals surface area (Å²) in [4.78, 5) is 14.8. The Morgan fingerprint density at radius 1 is 1.43 bits per heavy atom. The molecular weight excluding hydrogens is 185 g/mol. The Morgan fingerprint density at radius 3 is 2.79 bits per heavy atom.